The van der Waals surface area contributed by atoms with Crippen molar-refractivity contribution in [2.75, 3.05) is 45.4 Å². The maximum absolute atomic E-state index is 14.6. The number of methoxy groups -OCH3 is 2. The zero-order chi connectivity index (χ0) is 36.0. The number of nitrogens with zero attached hydrogens (tertiary/aromatic N) is 2. The first-order valence-electron chi connectivity index (χ1n) is 16.6. The van der Waals surface area contributed by atoms with Gasteiger partial charge in [0.25, 0.3) is 5.91 Å². The number of nitrogens with one attached hydrogen (secondary N) is 1. The molecule has 268 valence electrons. The SMILES string of the molecule is C=CCCC(=O)N[C@@H](COC)[C@@H](OC(=O)[C@@H]1[C@H]2O[C@@]3(CC2Br)[C@H](C(=O)N(CC=C)c2ccc(OC)cc2)N(CCO)C(=O)[C@@H]13)c1ccccc1. The summed E-state index contributed by atoms with van der Waals surface area (Å²) >= 11 is 3.69. The van der Waals surface area contributed by atoms with Crippen LogP contribution >= 0.6 is 15.9 Å². The van der Waals surface area contributed by atoms with Gasteiger partial charge < -0.3 is 39.2 Å². The molecule has 1 spiro atoms. The molecule has 0 aliphatic carbocycles. The van der Waals surface area contributed by atoms with Crippen molar-refractivity contribution in [3.8, 4) is 5.75 Å². The highest BCUT2D eigenvalue weighted by Gasteiger charge is 2.77. The number of anilines is 1. The molecule has 2 N–H and O–H groups in total. The van der Waals surface area contributed by atoms with Crippen molar-refractivity contribution in [1.82, 2.24) is 10.2 Å². The van der Waals surface area contributed by atoms with Crippen LogP contribution in [0.4, 0.5) is 5.69 Å². The van der Waals surface area contributed by atoms with Crippen LogP contribution in [0.5, 0.6) is 5.75 Å². The van der Waals surface area contributed by atoms with Gasteiger partial charge in [0.2, 0.25) is 11.8 Å². The lowest BCUT2D eigenvalue weighted by molar-refractivity contribution is -0.163. The maximum atomic E-state index is 14.6. The number of halogens is 1. The molecule has 3 aliphatic heterocycles. The van der Waals surface area contributed by atoms with Crippen LogP contribution in [0.3, 0.4) is 0 Å². The maximum Gasteiger partial charge on any atom is 0.313 e. The molecule has 8 atom stereocenters. The highest BCUT2D eigenvalue weighted by atomic mass is 79.9. The smallest absolute Gasteiger partial charge is 0.313 e. The molecule has 3 saturated heterocycles. The van der Waals surface area contributed by atoms with E-state index in [0.29, 0.717) is 23.4 Å². The number of aliphatic hydroxyl groups is 1. The minimum absolute atomic E-state index is 0.0377. The lowest BCUT2D eigenvalue weighted by Crippen LogP contribution is -2.57. The number of ether oxygens (including phenoxy) is 4. The van der Waals surface area contributed by atoms with E-state index in [-0.39, 0.29) is 43.3 Å². The Kier molecular flexibility index (Phi) is 12.2. The number of alkyl halides is 1. The second-order valence-electron chi connectivity index (χ2n) is 12.6. The number of benzene rings is 2. The third-order valence-electron chi connectivity index (χ3n) is 9.60. The Morgan fingerprint density at radius 2 is 1.86 bits per heavy atom. The topological polar surface area (TPSA) is 144 Å². The van der Waals surface area contributed by atoms with E-state index >= 15 is 0 Å². The van der Waals surface area contributed by atoms with Crippen LogP contribution < -0.4 is 15.0 Å². The number of rotatable bonds is 17. The highest BCUT2D eigenvalue weighted by Crippen LogP contribution is 2.60. The first-order chi connectivity index (χ1) is 24.1. The molecule has 2 aromatic carbocycles. The third-order valence-corrected chi connectivity index (χ3v) is 10.4. The fraction of sp³-hybridized carbons (Fsp3) is 0.459. The van der Waals surface area contributed by atoms with Crippen molar-refractivity contribution >= 4 is 45.3 Å². The van der Waals surface area contributed by atoms with E-state index in [9.17, 15) is 24.3 Å². The number of amides is 3. The summed E-state index contributed by atoms with van der Waals surface area (Å²) in [6.45, 7) is 7.14. The summed E-state index contributed by atoms with van der Waals surface area (Å²) in [6, 6.07) is 14.0. The minimum Gasteiger partial charge on any atom is -0.497 e. The van der Waals surface area contributed by atoms with Crippen molar-refractivity contribution in [1.29, 1.82) is 0 Å². The number of β-amino-alcohol motifs (C(OH)–C–C–N with tert-alkyl or cyclic N) is 1. The second kappa shape index (κ2) is 16.3. The van der Waals surface area contributed by atoms with Crippen LogP contribution in [0, 0.1) is 11.8 Å². The first-order valence-corrected chi connectivity index (χ1v) is 17.5. The average Bonchev–Trinajstić information content (AvgIpc) is 3.71. The Labute approximate surface area is 300 Å². The van der Waals surface area contributed by atoms with Crippen molar-refractivity contribution in [3.05, 3.63) is 85.5 Å². The molecular weight excluding hydrogens is 710 g/mol. The van der Waals surface area contributed by atoms with Crippen molar-refractivity contribution < 1.29 is 43.2 Å². The number of carbonyl (C=O) groups excluding carboxylic acids is 4. The Balaban J connectivity index is 1.50. The molecule has 2 aromatic rings. The van der Waals surface area contributed by atoms with Gasteiger partial charge in [-0.3, -0.25) is 19.2 Å². The van der Waals surface area contributed by atoms with E-state index in [4.69, 9.17) is 18.9 Å². The van der Waals surface area contributed by atoms with Crippen LogP contribution in [0.15, 0.2) is 79.9 Å². The molecule has 2 bridgehead atoms. The summed E-state index contributed by atoms with van der Waals surface area (Å²) in [6.07, 6.45) is 2.41. The van der Waals surface area contributed by atoms with Crippen LogP contribution in [0.2, 0.25) is 0 Å². The number of allylic oxidation sites excluding steroid dienone is 1. The third kappa shape index (κ3) is 7.09. The molecule has 3 fully saturated rings. The Hall–Kier alpha value is -4.04. The molecule has 12 nitrogen and oxygen atoms in total. The number of esters is 1. The standard InChI is InChI=1S/C37H44BrN3O9/c1-5-7-13-28(43)39-27(22-47-3)31(23-11-9-8-10-12-23)49-36(46)29-30-34(44)41(19-20-42)33(37(30)21-26(38)32(29)50-37)35(45)40(18-6-2)24-14-16-25(48-4)17-15-24/h5-6,8-12,14-17,26-27,29-33,42H,1-2,7,13,18-22H2,3-4H3,(H,39,43)/t26?,27-,29-,30+,31-,32-,33-,37+/m0/s1. The largest absolute Gasteiger partial charge is 0.497 e. The van der Waals surface area contributed by atoms with Gasteiger partial charge in [-0.25, -0.2) is 0 Å². The summed E-state index contributed by atoms with van der Waals surface area (Å²) in [4.78, 5) is 58.7. The number of aliphatic hydroxyl groups excluding tert-OH is 1. The van der Waals surface area contributed by atoms with Crippen molar-refractivity contribution in [2.24, 2.45) is 11.8 Å². The number of hydrogen-bond acceptors (Lipinski definition) is 9. The zero-order valence-corrected chi connectivity index (χ0v) is 29.8. The Bertz CT molecular complexity index is 1560. The van der Waals surface area contributed by atoms with E-state index in [0.717, 1.165) is 0 Å². The van der Waals surface area contributed by atoms with E-state index in [2.05, 4.69) is 34.4 Å². The van der Waals surface area contributed by atoms with Crippen LogP contribution in [0.1, 0.15) is 30.9 Å². The van der Waals surface area contributed by atoms with Gasteiger partial charge in [-0.05, 0) is 42.7 Å². The Morgan fingerprint density at radius 1 is 1.14 bits per heavy atom. The normalized spacial score (nSPS) is 26.1. The number of hydrogen-bond donors (Lipinski definition) is 2. The summed E-state index contributed by atoms with van der Waals surface area (Å²) < 4.78 is 23.6. The zero-order valence-electron chi connectivity index (χ0n) is 28.2. The van der Waals surface area contributed by atoms with Gasteiger partial charge in [-0.15, -0.1) is 13.2 Å². The van der Waals surface area contributed by atoms with Crippen molar-refractivity contribution in [2.45, 2.75) is 54.0 Å². The summed E-state index contributed by atoms with van der Waals surface area (Å²) in [5.74, 6) is -3.41. The van der Waals surface area contributed by atoms with Gasteiger partial charge in [0.05, 0.1) is 44.3 Å². The molecule has 3 aliphatic rings. The fourth-order valence-electron chi connectivity index (χ4n) is 7.51. The average molecular weight is 755 g/mol. The monoisotopic (exact) mass is 753 g/mol. The minimum atomic E-state index is -1.38. The molecule has 0 radical (unpaired) electrons. The summed E-state index contributed by atoms with van der Waals surface area (Å²) in [7, 11) is 3.03. The van der Waals surface area contributed by atoms with E-state index < -0.39 is 66.1 Å². The van der Waals surface area contributed by atoms with E-state index in [1.165, 1.54) is 16.9 Å². The summed E-state index contributed by atoms with van der Waals surface area (Å²) in [5, 5.41) is 13.0. The molecular formula is C37H44BrN3O9. The fourth-order valence-corrected chi connectivity index (χ4v) is 8.46. The quantitative estimate of drug-likeness (QED) is 0.141. The molecule has 1 unspecified atom stereocenters. The molecule has 0 saturated carbocycles. The number of likely N-dealkylation sites (tertiary alicyclic amines) is 1. The van der Waals surface area contributed by atoms with Gasteiger partial charge in [0, 0.05) is 37.1 Å². The van der Waals surface area contributed by atoms with Crippen LogP contribution in [-0.4, -0.2) is 103 Å². The summed E-state index contributed by atoms with van der Waals surface area (Å²) in [5.41, 5.74) is -0.214. The van der Waals surface area contributed by atoms with Gasteiger partial charge in [-0.2, -0.15) is 0 Å². The van der Waals surface area contributed by atoms with E-state index in [1.807, 2.05) is 6.07 Å². The van der Waals surface area contributed by atoms with E-state index in [1.54, 1.807) is 67.8 Å². The second-order valence-corrected chi connectivity index (χ2v) is 13.8. The predicted octanol–water partition coefficient (Wildman–Crippen LogP) is 3.34. The van der Waals surface area contributed by atoms with Gasteiger partial charge >= 0.3 is 5.97 Å². The molecule has 0 aromatic heterocycles. The highest BCUT2D eigenvalue weighted by molar-refractivity contribution is 9.09. The van der Waals surface area contributed by atoms with Gasteiger partial charge in [0.15, 0.2) is 0 Å². The first kappa shape index (κ1) is 37.2. The predicted molar refractivity (Wildman–Crippen MR) is 189 cm³/mol. The molecule has 3 amide bonds. The molecule has 3 heterocycles. The lowest BCUT2D eigenvalue weighted by Gasteiger charge is -2.37. The lowest BCUT2D eigenvalue weighted by atomic mass is 9.70. The van der Waals surface area contributed by atoms with Crippen molar-refractivity contribution in [3.63, 3.8) is 0 Å². The Morgan fingerprint density at radius 3 is 2.48 bits per heavy atom. The van der Waals surface area contributed by atoms with Gasteiger partial charge in [0.1, 0.15) is 23.5 Å². The molecule has 13 heteroatoms. The van der Waals surface area contributed by atoms with Gasteiger partial charge in [-0.1, -0.05) is 58.4 Å². The number of carbonyl (C=O) groups is 4. The van der Waals surface area contributed by atoms with Crippen LogP contribution in [0.25, 0.3) is 0 Å². The number of fused-ring (bicyclic) bond motifs is 1. The molecule has 5 rings (SSSR count). The van der Waals surface area contributed by atoms with Crippen LogP contribution in [-0.2, 0) is 33.4 Å². The molecule has 50 heavy (non-hydrogen) atoms.